The number of aryl methyl sites for hydroxylation is 2. The van der Waals surface area contributed by atoms with Gasteiger partial charge < -0.3 is 24.8 Å². The van der Waals surface area contributed by atoms with Gasteiger partial charge in [0, 0.05) is 49.3 Å². The van der Waals surface area contributed by atoms with E-state index in [0.717, 1.165) is 22.3 Å². The van der Waals surface area contributed by atoms with Gasteiger partial charge in [0.25, 0.3) is 17.4 Å². The van der Waals surface area contributed by atoms with Gasteiger partial charge in [-0.2, -0.15) is 0 Å². The molecule has 1 aliphatic heterocycles. The first-order chi connectivity index (χ1) is 20.5. The smallest absolute Gasteiger partial charge is 0.274 e. The molecule has 9 heteroatoms. The Morgan fingerprint density at radius 3 is 2.21 bits per heavy atom. The van der Waals surface area contributed by atoms with Crippen LogP contribution in [0.1, 0.15) is 52.6 Å². The Balaban J connectivity index is 1.35. The van der Waals surface area contributed by atoms with Gasteiger partial charge >= 0.3 is 0 Å². The summed E-state index contributed by atoms with van der Waals surface area (Å²) >= 11 is 0. The molecule has 0 atom stereocenters. The summed E-state index contributed by atoms with van der Waals surface area (Å²) in [4.78, 5) is 45.0. The number of carbonyl (C=O) groups is 2. The largest absolute Gasteiger partial charge is 0.378 e. The van der Waals surface area contributed by atoms with Crippen LogP contribution in [-0.4, -0.2) is 52.6 Å². The number of benzene rings is 2. The van der Waals surface area contributed by atoms with E-state index in [1.807, 2.05) is 49.4 Å². The Bertz CT molecular complexity index is 1700. The quantitative estimate of drug-likeness (QED) is 0.312. The van der Waals surface area contributed by atoms with E-state index >= 15 is 0 Å². The third-order valence-corrected chi connectivity index (χ3v) is 7.59. The number of aromatic nitrogens is 2. The highest BCUT2D eigenvalue weighted by Crippen LogP contribution is 2.28. The number of anilines is 3. The summed E-state index contributed by atoms with van der Waals surface area (Å²) in [7, 11) is 1.69. The summed E-state index contributed by atoms with van der Waals surface area (Å²) in [5.74, 6) is 0.164. The predicted octanol–water partition coefficient (Wildman–Crippen LogP) is 5.52. The highest BCUT2D eigenvalue weighted by atomic mass is 16.5. The first-order valence-electron chi connectivity index (χ1n) is 14.3. The summed E-state index contributed by atoms with van der Waals surface area (Å²) < 4.78 is 6.83. The molecule has 1 fully saturated rings. The van der Waals surface area contributed by atoms with Gasteiger partial charge in [-0.15, -0.1) is 0 Å². The molecule has 0 bridgehead atoms. The van der Waals surface area contributed by atoms with Gasteiger partial charge in [0.15, 0.2) is 0 Å². The molecule has 0 radical (unpaired) electrons. The third-order valence-electron chi connectivity index (χ3n) is 7.59. The van der Waals surface area contributed by atoms with E-state index in [0.29, 0.717) is 54.6 Å². The molecular weight excluding hydrogens is 542 g/mol. The minimum absolute atomic E-state index is 0.00497. The molecule has 9 nitrogen and oxygen atoms in total. The third kappa shape index (κ3) is 6.84. The van der Waals surface area contributed by atoms with Gasteiger partial charge in [0.05, 0.1) is 18.8 Å². The molecule has 2 aromatic carbocycles. The first-order valence-corrected chi connectivity index (χ1v) is 14.3. The molecule has 0 saturated carbocycles. The second kappa shape index (κ2) is 12.2. The van der Waals surface area contributed by atoms with Crippen LogP contribution in [-0.2, 0) is 17.2 Å². The number of carbonyl (C=O) groups excluding carboxylic acids is 2. The number of hydrogen-bond donors (Lipinski definition) is 2. The van der Waals surface area contributed by atoms with Crippen LogP contribution in [0.3, 0.4) is 0 Å². The van der Waals surface area contributed by atoms with Crippen molar-refractivity contribution in [3.8, 4) is 11.1 Å². The van der Waals surface area contributed by atoms with Crippen molar-refractivity contribution in [2.24, 2.45) is 7.05 Å². The predicted molar refractivity (Wildman–Crippen MR) is 169 cm³/mol. The second-order valence-electron chi connectivity index (χ2n) is 11.8. The van der Waals surface area contributed by atoms with E-state index in [4.69, 9.17) is 4.74 Å². The fourth-order valence-corrected chi connectivity index (χ4v) is 4.89. The zero-order valence-electron chi connectivity index (χ0n) is 25.2. The van der Waals surface area contributed by atoms with Gasteiger partial charge in [0.2, 0.25) is 0 Å². The van der Waals surface area contributed by atoms with E-state index in [2.05, 4.69) is 36.4 Å². The number of morpholine rings is 1. The van der Waals surface area contributed by atoms with Gasteiger partial charge in [0.1, 0.15) is 11.5 Å². The number of ether oxygens (including phenoxy) is 1. The van der Waals surface area contributed by atoms with Gasteiger partial charge in [-0.05, 0) is 65.4 Å². The molecule has 222 valence electrons. The monoisotopic (exact) mass is 579 g/mol. The summed E-state index contributed by atoms with van der Waals surface area (Å²) in [6.07, 6.45) is 3.27. The van der Waals surface area contributed by atoms with E-state index in [9.17, 15) is 14.4 Å². The SMILES string of the molecule is Cc1ccc(-c2cc(Nc3ccc(C(=O)N4CCOCC4)cn3)c(=O)n(C)c2)cc1NC(=O)c1ccc(C(C)(C)C)cc1. The second-order valence-corrected chi connectivity index (χ2v) is 11.8. The Kier molecular flexibility index (Phi) is 8.45. The molecule has 2 amide bonds. The van der Waals surface area contributed by atoms with Crippen LogP contribution in [0.15, 0.2) is 77.9 Å². The molecule has 2 aromatic heterocycles. The summed E-state index contributed by atoms with van der Waals surface area (Å²) in [6.45, 7) is 10.5. The number of nitrogens with one attached hydrogen (secondary N) is 2. The van der Waals surface area contributed by atoms with Crippen molar-refractivity contribution in [3.63, 3.8) is 0 Å². The minimum atomic E-state index is -0.224. The van der Waals surface area contributed by atoms with Crippen molar-refractivity contribution in [1.82, 2.24) is 14.5 Å². The summed E-state index contributed by atoms with van der Waals surface area (Å²) in [6, 6.07) is 18.6. The maximum absolute atomic E-state index is 13.1. The van der Waals surface area contributed by atoms with E-state index in [-0.39, 0.29) is 22.8 Å². The molecule has 1 aliphatic rings. The number of amides is 2. The molecule has 0 unspecified atom stereocenters. The molecular formula is C34H37N5O4. The number of nitrogens with zero attached hydrogens (tertiary/aromatic N) is 3. The zero-order valence-corrected chi connectivity index (χ0v) is 25.2. The van der Waals surface area contributed by atoms with Crippen LogP contribution in [0.25, 0.3) is 11.1 Å². The average Bonchev–Trinajstić information content (AvgIpc) is 3.00. The molecule has 0 aliphatic carbocycles. The molecule has 43 heavy (non-hydrogen) atoms. The standard InChI is InChI=1S/C34H37N5O4/c1-22-6-7-24(18-28(22)37-31(40)23-8-11-27(12-9-23)34(2,3)4)26-19-29(33(42)38(5)21-26)36-30-13-10-25(20-35-30)32(41)39-14-16-43-17-15-39/h6-13,18-21H,14-17H2,1-5H3,(H,35,36)(H,37,40). The van der Waals surface area contributed by atoms with Crippen LogP contribution in [0.5, 0.6) is 0 Å². The molecule has 1 saturated heterocycles. The minimum Gasteiger partial charge on any atom is -0.378 e. The Hall–Kier alpha value is -4.76. The van der Waals surface area contributed by atoms with Crippen LogP contribution in [0.4, 0.5) is 17.2 Å². The van der Waals surface area contributed by atoms with E-state index in [1.165, 1.54) is 10.8 Å². The van der Waals surface area contributed by atoms with Crippen molar-refractivity contribution in [2.45, 2.75) is 33.1 Å². The molecule has 2 N–H and O–H groups in total. The summed E-state index contributed by atoms with van der Waals surface area (Å²) in [5, 5.41) is 6.15. The first kappa shape index (κ1) is 29.7. The van der Waals surface area contributed by atoms with Crippen molar-refractivity contribution in [2.75, 3.05) is 36.9 Å². The lowest BCUT2D eigenvalue weighted by Gasteiger charge is -2.26. The van der Waals surface area contributed by atoms with Crippen LogP contribution in [0.2, 0.25) is 0 Å². The van der Waals surface area contributed by atoms with Crippen molar-refractivity contribution in [1.29, 1.82) is 0 Å². The maximum Gasteiger partial charge on any atom is 0.274 e. The summed E-state index contributed by atoms with van der Waals surface area (Å²) in [5.41, 5.74) is 5.57. The van der Waals surface area contributed by atoms with Crippen LogP contribution >= 0.6 is 0 Å². The highest BCUT2D eigenvalue weighted by molar-refractivity contribution is 6.05. The number of pyridine rings is 2. The normalized spacial score (nSPS) is 13.5. The highest BCUT2D eigenvalue weighted by Gasteiger charge is 2.19. The zero-order chi connectivity index (χ0) is 30.7. The average molecular weight is 580 g/mol. The molecule has 0 spiro atoms. The number of hydrogen-bond acceptors (Lipinski definition) is 6. The fourth-order valence-electron chi connectivity index (χ4n) is 4.89. The lowest BCUT2D eigenvalue weighted by molar-refractivity contribution is 0.0302. The van der Waals surface area contributed by atoms with E-state index < -0.39 is 0 Å². The van der Waals surface area contributed by atoms with Crippen molar-refractivity contribution in [3.05, 3.63) is 106 Å². The maximum atomic E-state index is 13.1. The molecule has 4 aromatic rings. The van der Waals surface area contributed by atoms with Crippen molar-refractivity contribution < 1.29 is 14.3 Å². The Morgan fingerprint density at radius 1 is 0.884 bits per heavy atom. The lowest BCUT2D eigenvalue weighted by Crippen LogP contribution is -2.40. The van der Waals surface area contributed by atoms with Gasteiger partial charge in [-0.1, -0.05) is 45.0 Å². The lowest BCUT2D eigenvalue weighted by atomic mass is 9.86. The molecule has 5 rings (SSSR count). The number of rotatable bonds is 6. The Labute approximate surface area is 251 Å². The van der Waals surface area contributed by atoms with Crippen LogP contribution < -0.4 is 16.2 Å². The van der Waals surface area contributed by atoms with Crippen molar-refractivity contribution >= 4 is 29.0 Å². The Morgan fingerprint density at radius 2 is 1.56 bits per heavy atom. The fraction of sp³-hybridized carbons (Fsp3) is 0.294. The van der Waals surface area contributed by atoms with Crippen LogP contribution in [0, 0.1) is 6.92 Å². The topological polar surface area (TPSA) is 106 Å². The van der Waals surface area contributed by atoms with Gasteiger partial charge in [-0.25, -0.2) is 4.98 Å². The van der Waals surface area contributed by atoms with Gasteiger partial charge in [-0.3, -0.25) is 14.4 Å². The molecule has 3 heterocycles. The van der Waals surface area contributed by atoms with E-state index in [1.54, 1.807) is 36.3 Å².